The van der Waals surface area contributed by atoms with Crippen LogP contribution in [0.25, 0.3) is 0 Å². The average Bonchev–Trinajstić information content (AvgIpc) is 1.96. The Morgan fingerprint density at radius 1 is 1.50 bits per heavy atom. The van der Waals surface area contributed by atoms with Crippen LogP contribution in [-0.2, 0) is 14.3 Å². The van der Waals surface area contributed by atoms with Gasteiger partial charge < -0.3 is 15.6 Å². The van der Waals surface area contributed by atoms with Crippen molar-refractivity contribution < 1.29 is 19.4 Å². The third kappa shape index (κ3) is 6.42. The van der Waals surface area contributed by atoms with Gasteiger partial charge in [0, 0.05) is 20.3 Å². The molecule has 0 aliphatic rings. The van der Waals surface area contributed by atoms with Crippen molar-refractivity contribution in [2.24, 2.45) is 11.7 Å². The normalized spacial score (nSPS) is 13.4. The highest BCUT2D eigenvalue weighted by molar-refractivity contribution is 5.76. The smallest absolute Gasteiger partial charge is 0.311 e. The zero-order valence-electron chi connectivity index (χ0n) is 8.74. The molecule has 82 valence electrons. The van der Waals surface area contributed by atoms with Crippen molar-refractivity contribution in [1.82, 2.24) is 0 Å². The van der Waals surface area contributed by atoms with Crippen molar-refractivity contribution in [3.63, 3.8) is 0 Å². The van der Waals surface area contributed by atoms with Crippen molar-refractivity contribution in [3.05, 3.63) is 0 Å². The van der Waals surface area contributed by atoms with Gasteiger partial charge in [0.25, 0.3) is 0 Å². The maximum absolute atomic E-state index is 11.2. The molecule has 5 nitrogen and oxygen atoms in total. The van der Waals surface area contributed by atoms with Gasteiger partial charge in [0.1, 0.15) is 0 Å². The number of hydrogen-bond donors (Lipinski definition) is 2. The Kier molecular flexibility index (Phi) is 4.56. The zero-order valence-corrected chi connectivity index (χ0v) is 8.74. The number of hydrogen-bond acceptors (Lipinski definition) is 4. The number of rotatable bonds is 5. The maximum atomic E-state index is 11.2. The topological polar surface area (TPSA) is 89.6 Å². The van der Waals surface area contributed by atoms with Crippen molar-refractivity contribution >= 4 is 11.9 Å². The van der Waals surface area contributed by atoms with E-state index in [0.717, 1.165) is 0 Å². The van der Waals surface area contributed by atoms with Gasteiger partial charge >= 0.3 is 5.97 Å². The van der Waals surface area contributed by atoms with Crippen LogP contribution in [-0.4, -0.2) is 22.8 Å². The standard InChI is InChI=1S/C9H17NO4/c1-6(4-5-7(10)11)8(12)14-9(2,3)13/h6,13H,4-5H2,1-3H3,(H2,10,11)/t6-/m0/s1. The van der Waals surface area contributed by atoms with Gasteiger partial charge in [-0.1, -0.05) is 6.92 Å². The van der Waals surface area contributed by atoms with E-state index in [0.29, 0.717) is 6.42 Å². The summed E-state index contributed by atoms with van der Waals surface area (Å²) in [6.45, 7) is 4.36. The van der Waals surface area contributed by atoms with Crippen LogP contribution in [0.1, 0.15) is 33.6 Å². The molecule has 1 amide bonds. The van der Waals surface area contributed by atoms with Gasteiger partial charge in [-0.15, -0.1) is 0 Å². The van der Waals surface area contributed by atoms with Crippen molar-refractivity contribution in [1.29, 1.82) is 0 Å². The summed E-state index contributed by atoms with van der Waals surface area (Å²) in [7, 11) is 0. The second-order valence-electron chi connectivity index (χ2n) is 3.77. The van der Waals surface area contributed by atoms with Gasteiger partial charge in [-0.25, -0.2) is 0 Å². The Hall–Kier alpha value is -1.10. The largest absolute Gasteiger partial charge is 0.434 e. The summed E-state index contributed by atoms with van der Waals surface area (Å²) in [5, 5.41) is 9.18. The maximum Gasteiger partial charge on any atom is 0.311 e. The molecule has 0 aliphatic carbocycles. The molecule has 0 aromatic heterocycles. The minimum Gasteiger partial charge on any atom is -0.434 e. The van der Waals surface area contributed by atoms with Crippen molar-refractivity contribution in [3.8, 4) is 0 Å². The quantitative estimate of drug-likeness (QED) is 0.492. The third-order valence-electron chi connectivity index (χ3n) is 1.58. The summed E-state index contributed by atoms with van der Waals surface area (Å²) in [6, 6.07) is 0. The summed E-state index contributed by atoms with van der Waals surface area (Å²) in [4.78, 5) is 21.7. The third-order valence-corrected chi connectivity index (χ3v) is 1.58. The summed E-state index contributed by atoms with van der Waals surface area (Å²) in [6.07, 6.45) is 0.479. The summed E-state index contributed by atoms with van der Waals surface area (Å²) in [5.74, 6) is -2.89. The monoisotopic (exact) mass is 203 g/mol. The Bertz CT molecular complexity index is 219. The molecule has 0 spiro atoms. The van der Waals surface area contributed by atoms with Crippen LogP contribution in [0, 0.1) is 5.92 Å². The van der Waals surface area contributed by atoms with E-state index < -0.39 is 23.6 Å². The SMILES string of the molecule is C[C@@H](CCC(N)=O)C(=O)OC(C)(C)O. The molecule has 0 saturated carbocycles. The van der Waals surface area contributed by atoms with Crippen LogP contribution in [0.15, 0.2) is 0 Å². The molecular weight excluding hydrogens is 186 g/mol. The van der Waals surface area contributed by atoms with Crippen LogP contribution in [0.5, 0.6) is 0 Å². The molecule has 0 aromatic rings. The lowest BCUT2D eigenvalue weighted by atomic mass is 10.1. The van der Waals surface area contributed by atoms with Gasteiger partial charge in [-0.3, -0.25) is 9.59 Å². The van der Waals surface area contributed by atoms with Crippen LogP contribution >= 0.6 is 0 Å². The number of primary amides is 1. The minimum absolute atomic E-state index is 0.141. The van der Waals surface area contributed by atoms with E-state index in [1.165, 1.54) is 13.8 Å². The van der Waals surface area contributed by atoms with Gasteiger partial charge in [-0.2, -0.15) is 0 Å². The Morgan fingerprint density at radius 2 is 2.00 bits per heavy atom. The number of aliphatic hydroxyl groups is 1. The fraction of sp³-hybridized carbons (Fsp3) is 0.778. The number of nitrogens with two attached hydrogens (primary N) is 1. The lowest BCUT2D eigenvalue weighted by molar-refractivity contribution is -0.199. The highest BCUT2D eigenvalue weighted by Gasteiger charge is 2.23. The van der Waals surface area contributed by atoms with Gasteiger partial charge in [0.2, 0.25) is 11.7 Å². The van der Waals surface area contributed by atoms with E-state index >= 15 is 0 Å². The first kappa shape index (κ1) is 12.9. The van der Waals surface area contributed by atoms with Gasteiger partial charge in [0.15, 0.2) is 0 Å². The fourth-order valence-corrected chi connectivity index (χ4v) is 0.823. The van der Waals surface area contributed by atoms with Crippen LogP contribution in [0.2, 0.25) is 0 Å². The molecule has 14 heavy (non-hydrogen) atoms. The predicted octanol–water partition coefficient (Wildman–Crippen LogP) is 0.160. The second-order valence-corrected chi connectivity index (χ2v) is 3.77. The molecular formula is C9H17NO4. The summed E-state index contributed by atoms with van der Waals surface area (Å²) < 4.78 is 4.70. The van der Waals surface area contributed by atoms with E-state index in [1.807, 2.05) is 0 Å². The lowest BCUT2D eigenvalue weighted by Crippen LogP contribution is -2.30. The molecule has 5 heteroatoms. The summed E-state index contributed by atoms with van der Waals surface area (Å²) >= 11 is 0. The van der Waals surface area contributed by atoms with Crippen molar-refractivity contribution in [2.45, 2.75) is 39.4 Å². The van der Waals surface area contributed by atoms with Gasteiger partial charge in [0.05, 0.1) is 5.92 Å². The highest BCUT2D eigenvalue weighted by atomic mass is 16.7. The lowest BCUT2D eigenvalue weighted by Gasteiger charge is -2.20. The molecule has 0 bridgehead atoms. The first-order chi connectivity index (χ1) is 6.22. The number of ether oxygens (including phenoxy) is 1. The van der Waals surface area contributed by atoms with Crippen molar-refractivity contribution in [2.75, 3.05) is 0 Å². The van der Waals surface area contributed by atoms with E-state index in [4.69, 9.17) is 10.5 Å². The average molecular weight is 203 g/mol. The Morgan fingerprint density at radius 3 is 2.36 bits per heavy atom. The van der Waals surface area contributed by atoms with E-state index in [9.17, 15) is 14.7 Å². The molecule has 0 radical (unpaired) electrons. The molecule has 0 aromatic carbocycles. The zero-order chi connectivity index (χ0) is 11.4. The van der Waals surface area contributed by atoms with Gasteiger partial charge in [-0.05, 0) is 6.42 Å². The predicted molar refractivity (Wildman–Crippen MR) is 50.0 cm³/mol. The second kappa shape index (κ2) is 4.95. The van der Waals surface area contributed by atoms with E-state index in [2.05, 4.69) is 0 Å². The molecule has 0 rings (SSSR count). The van der Waals surface area contributed by atoms with E-state index in [-0.39, 0.29) is 6.42 Å². The number of amides is 1. The molecule has 1 atom stereocenters. The molecule has 0 saturated heterocycles. The molecule has 3 N–H and O–H groups in total. The number of esters is 1. The van der Waals surface area contributed by atoms with Crippen LogP contribution in [0.4, 0.5) is 0 Å². The minimum atomic E-state index is -1.47. The Balaban J connectivity index is 3.94. The highest BCUT2D eigenvalue weighted by Crippen LogP contribution is 2.12. The Labute approximate surface area is 83.2 Å². The summed E-state index contributed by atoms with van der Waals surface area (Å²) in [5.41, 5.74) is 4.93. The fourth-order valence-electron chi connectivity index (χ4n) is 0.823. The number of carbonyl (C=O) groups is 2. The first-order valence-corrected chi connectivity index (χ1v) is 4.46. The van der Waals surface area contributed by atoms with E-state index in [1.54, 1.807) is 6.92 Å². The first-order valence-electron chi connectivity index (χ1n) is 4.46. The molecule has 0 aliphatic heterocycles. The van der Waals surface area contributed by atoms with Crippen LogP contribution < -0.4 is 5.73 Å². The molecule has 0 fully saturated rings. The molecule has 0 unspecified atom stereocenters. The van der Waals surface area contributed by atoms with Crippen LogP contribution in [0.3, 0.4) is 0 Å². The number of carbonyl (C=O) groups excluding carboxylic acids is 2. The molecule has 0 heterocycles.